The molecule has 0 fully saturated rings. The molecule has 0 aromatic carbocycles. The minimum absolute atomic E-state index is 0.168. The van der Waals surface area contributed by atoms with Crippen molar-refractivity contribution in [2.45, 2.75) is 0 Å². The highest BCUT2D eigenvalue weighted by molar-refractivity contribution is 7.09. The number of nitro groups is 1. The SMILES string of the molecule is O=[N+]([O-])c1c(Cl)ncnc1-c1ccns1. The number of hydrogen-bond donors (Lipinski definition) is 0. The highest BCUT2D eigenvalue weighted by Gasteiger charge is 2.23. The molecule has 0 aliphatic carbocycles. The van der Waals surface area contributed by atoms with Crippen molar-refractivity contribution in [2.75, 3.05) is 0 Å². The fourth-order valence-corrected chi connectivity index (χ4v) is 1.83. The standard InChI is InChI=1S/C7H3ClN4O2S/c8-7-6(12(13)14)5(9-3-10-7)4-1-2-11-15-4/h1-3H. The summed E-state index contributed by atoms with van der Waals surface area (Å²) >= 11 is 6.75. The molecular weight excluding hydrogens is 240 g/mol. The fourth-order valence-electron chi connectivity index (χ4n) is 1.04. The molecule has 0 radical (unpaired) electrons. The van der Waals surface area contributed by atoms with Crippen LogP contribution in [0.2, 0.25) is 5.15 Å². The average molecular weight is 243 g/mol. The normalized spacial score (nSPS) is 10.2. The van der Waals surface area contributed by atoms with Crippen molar-refractivity contribution in [1.29, 1.82) is 0 Å². The molecule has 0 aliphatic heterocycles. The zero-order valence-electron chi connectivity index (χ0n) is 7.12. The van der Waals surface area contributed by atoms with Gasteiger partial charge in [0.1, 0.15) is 6.33 Å². The predicted octanol–water partition coefficient (Wildman–Crippen LogP) is 2.16. The number of hydrogen-bond acceptors (Lipinski definition) is 6. The van der Waals surface area contributed by atoms with E-state index < -0.39 is 4.92 Å². The van der Waals surface area contributed by atoms with Gasteiger partial charge in [-0.15, -0.1) is 0 Å². The largest absolute Gasteiger partial charge is 0.333 e. The number of rotatable bonds is 2. The lowest BCUT2D eigenvalue weighted by atomic mass is 10.3. The molecule has 2 aromatic rings. The van der Waals surface area contributed by atoms with Gasteiger partial charge in [-0.2, -0.15) is 0 Å². The Morgan fingerprint density at radius 3 is 2.87 bits per heavy atom. The van der Waals surface area contributed by atoms with Crippen LogP contribution in [0.25, 0.3) is 10.6 Å². The Labute approximate surface area is 92.9 Å². The van der Waals surface area contributed by atoms with Crippen molar-refractivity contribution in [3.8, 4) is 10.6 Å². The van der Waals surface area contributed by atoms with Crippen LogP contribution in [0.1, 0.15) is 0 Å². The lowest BCUT2D eigenvalue weighted by Gasteiger charge is -1.98. The van der Waals surface area contributed by atoms with Crippen LogP contribution in [-0.2, 0) is 0 Å². The molecule has 0 aliphatic rings. The lowest BCUT2D eigenvalue weighted by Crippen LogP contribution is -1.96. The summed E-state index contributed by atoms with van der Waals surface area (Å²) in [7, 11) is 0. The third-order valence-electron chi connectivity index (χ3n) is 1.63. The van der Waals surface area contributed by atoms with E-state index in [1.54, 1.807) is 12.3 Å². The van der Waals surface area contributed by atoms with E-state index in [1.165, 1.54) is 6.33 Å². The van der Waals surface area contributed by atoms with Gasteiger partial charge in [0.25, 0.3) is 0 Å². The summed E-state index contributed by atoms with van der Waals surface area (Å²) in [4.78, 5) is 18.2. The van der Waals surface area contributed by atoms with Crippen LogP contribution in [0.15, 0.2) is 18.6 Å². The van der Waals surface area contributed by atoms with Gasteiger partial charge in [-0.25, -0.2) is 14.3 Å². The second-order valence-corrected chi connectivity index (χ2v) is 3.69. The Morgan fingerprint density at radius 1 is 1.47 bits per heavy atom. The van der Waals surface area contributed by atoms with Gasteiger partial charge < -0.3 is 0 Å². The molecule has 0 saturated heterocycles. The second-order valence-electron chi connectivity index (χ2n) is 2.50. The van der Waals surface area contributed by atoms with Crippen LogP contribution in [-0.4, -0.2) is 19.3 Å². The van der Waals surface area contributed by atoms with Crippen LogP contribution >= 0.6 is 23.1 Å². The van der Waals surface area contributed by atoms with Gasteiger partial charge in [0.2, 0.25) is 5.15 Å². The van der Waals surface area contributed by atoms with E-state index in [1.807, 2.05) is 0 Å². The molecular formula is C7H3ClN4O2S. The van der Waals surface area contributed by atoms with E-state index in [0.717, 1.165) is 11.5 Å². The lowest BCUT2D eigenvalue weighted by molar-refractivity contribution is -0.384. The fraction of sp³-hybridized carbons (Fsp3) is 0. The van der Waals surface area contributed by atoms with Gasteiger partial charge in [0.05, 0.1) is 9.80 Å². The first-order chi connectivity index (χ1) is 7.20. The molecule has 0 spiro atoms. The quantitative estimate of drug-likeness (QED) is 0.458. The number of nitrogens with zero attached hydrogens (tertiary/aromatic N) is 4. The molecule has 0 amide bonds. The van der Waals surface area contributed by atoms with Gasteiger partial charge in [-0.3, -0.25) is 10.1 Å². The van der Waals surface area contributed by atoms with Crippen molar-refractivity contribution >= 4 is 28.8 Å². The Balaban J connectivity index is 2.66. The minimum atomic E-state index is -0.600. The minimum Gasteiger partial charge on any atom is -0.258 e. The molecule has 15 heavy (non-hydrogen) atoms. The van der Waals surface area contributed by atoms with Crippen LogP contribution in [0.3, 0.4) is 0 Å². The van der Waals surface area contributed by atoms with Gasteiger partial charge in [0.15, 0.2) is 5.69 Å². The van der Waals surface area contributed by atoms with Gasteiger partial charge in [0, 0.05) is 6.20 Å². The first-order valence-corrected chi connectivity index (χ1v) is 4.91. The summed E-state index contributed by atoms with van der Waals surface area (Å²) in [5.74, 6) is 0. The number of halogens is 1. The maximum Gasteiger partial charge on any atom is 0.333 e. The van der Waals surface area contributed by atoms with Crippen molar-refractivity contribution in [3.05, 3.63) is 33.9 Å². The van der Waals surface area contributed by atoms with Gasteiger partial charge in [-0.1, -0.05) is 11.6 Å². The summed E-state index contributed by atoms with van der Waals surface area (Å²) in [6, 6.07) is 1.64. The maximum absolute atomic E-state index is 10.8. The summed E-state index contributed by atoms with van der Waals surface area (Å²) in [6.07, 6.45) is 2.73. The van der Waals surface area contributed by atoms with E-state index in [2.05, 4.69) is 14.3 Å². The molecule has 76 valence electrons. The molecule has 2 rings (SSSR count). The summed E-state index contributed by atoms with van der Waals surface area (Å²) in [6.45, 7) is 0. The Morgan fingerprint density at radius 2 is 2.27 bits per heavy atom. The van der Waals surface area contributed by atoms with E-state index >= 15 is 0 Å². The predicted molar refractivity (Wildman–Crippen MR) is 54.8 cm³/mol. The van der Waals surface area contributed by atoms with Crippen LogP contribution in [0, 0.1) is 10.1 Å². The van der Waals surface area contributed by atoms with Crippen LogP contribution in [0.4, 0.5) is 5.69 Å². The maximum atomic E-state index is 10.8. The second kappa shape index (κ2) is 3.87. The van der Waals surface area contributed by atoms with Gasteiger partial charge >= 0.3 is 5.69 Å². The zero-order chi connectivity index (χ0) is 10.8. The molecule has 2 heterocycles. The highest BCUT2D eigenvalue weighted by atomic mass is 35.5. The molecule has 8 heteroatoms. The third kappa shape index (κ3) is 1.79. The van der Waals surface area contributed by atoms with Crippen molar-refractivity contribution in [1.82, 2.24) is 14.3 Å². The molecule has 0 N–H and O–H groups in total. The Hall–Kier alpha value is -1.60. The molecule has 0 bridgehead atoms. The van der Waals surface area contributed by atoms with Gasteiger partial charge in [-0.05, 0) is 17.6 Å². The summed E-state index contributed by atoms with van der Waals surface area (Å²) in [5.41, 5.74) is -0.0917. The van der Waals surface area contributed by atoms with E-state index in [9.17, 15) is 10.1 Å². The van der Waals surface area contributed by atoms with Crippen molar-refractivity contribution in [2.24, 2.45) is 0 Å². The average Bonchev–Trinajstić information content (AvgIpc) is 2.69. The van der Waals surface area contributed by atoms with E-state index in [0.29, 0.717) is 4.88 Å². The van der Waals surface area contributed by atoms with E-state index in [4.69, 9.17) is 11.6 Å². The van der Waals surface area contributed by atoms with E-state index in [-0.39, 0.29) is 16.5 Å². The van der Waals surface area contributed by atoms with Crippen LogP contribution < -0.4 is 0 Å². The molecule has 0 atom stereocenters. The Kier molecular flexibility index (Phi) is 2.57. The zero-order valence-corrected chi connectivity index (χ0v) is 8.70. The first kappa shape index (κ1) is 9.94. The van der Waals surface area contributed by atoms with Crippen LogP contribution in [0.5, 0.6) is 0 Å². The Bertz CT molecular complexity index is 502. The number of aromatic nitrogens is 3. The van der Waals surface area contributed by atoms with Crippen molar-refractivity contribution < 1.29 is 4.92 Å². The molecule has 6 nitrogen and oxygen atoms in total. The monoisotopic (exact) mass is 242 g/mol. The summed E-state index contributed by atoms with van der Waals surface area (Å²) in [5, 5.41) is 10.6. The molecule has 0 unspecified atom stereocenters. The smallest absolute Gasteiger partial charge is 0.258 e. The molecule has 0 saturated carbocycles. The topological polar surface area (TPSA) is 81.8 Å². The van der Waals surface area contributed by atoms with Crippen molar-refractivity contribution in [3.63, 3.8) is 0 Å². The third-order valence-corrected chi connectivity index (χ3v) is 2.66. The first-order valence-electron chi connectivity index (χ1n) is 3.76. The summed E-state index contributed by atoms with van der Waals surface area (Å²) < 4.78 is 3.84. The highest BCUT2D eigenvalue weighted by Crippen LogP contribution is 2.33. The molecule has 2 aromatic heterocycles.